The number of carbonyl (C=O) groups is 2. The molecule has 7 rings (SSSR count). The summed E-state index contributed by atoms with van der Waals surface area (Å²) in [6.45, 7) is 3.93. The minimum absolute atomic E-state index is 0.179. The number of aryl methyl sites for hydroxylation is 1. The first-order valence-corrected chi connectivity index (χ1v) is 18.9. The number of nitrogens with one attached hydrogen (secondary N) is 1. The lowest BCUT2D eigenvalue weighted by Gasteiger charge is -2.41. The van der Waals surface area contributed by atoms with Gasteiger partial charge in [-0.05, 0) is 49.9 Å². The molecule has 3 heterocycles. The molecule has 0 spiro atoms. The number of amides is 2. The van der Waals surface area contributed by atoms with Crippen LogP contribution in [0.25, 0.3) is 21.5 Å². The van der Waals surface area contributed by atoms with Gasteiger partial charge in [0.25, 0.3) is 5.91 Å². The number of hydrogen-bond acceptors (Lipinski definition) is 9. The Kier molecular flexibility index (Phi) is 10.9. The van der Waals surface area contributed by atoms with Gasteiger partial charge < -0.3 is 34.3 Å². The minimum Gasteiger partial charge on any atom is -0.445 e. The molecule has 1 aliphatic heterocycles. The lowest BCUT2D eigenvalue weighted by atomic mass is 9.80. The molecule has 2 aromatic heterocycles. The molecule has 1 saturated heterocycles. The number of methoxy groups -OCH3 is 1. The third kappa shape index (κ3) is 7.69. The van der Waals surface area contributed by atoms with E-state index in [9.17, 15) is 14.7 Å². The van der Waals surface area contributed by atoms with Crippen molar-refractivity contribution in [3.63, 3.8) is 0 Å². The maximum Gasteiger partial charge on any atom is 0.410 e. The van der Waals surface area contributed by atoms with Crippen LogP contribution in [0.1, 0.15) is 59.2 Å². The standard InChI is InChI=1S/C40H46N6O5S/c1-28-43-33-23-31(16-17-34(33)52-28)41-20-18-32-24-44(39(48)51-25-29-11-5-3-6-12-29)21-22-45(32)38(47)36-37(30-13-7-4-8-14-30)46(27-42-36)35-15-9-10-19-40(35,49)26-50-2/h3-8,11-14,16-17,23,27,32,35,41,49H,9-10,15,18-22,24-26H2,1-2H3/t32-,35-,40-/m1/s1. The van der Waals surface area contributed by atoms with Crippen molar-refractivity contribution in [2.45, 2.75) is 63.3 Å². The van der Waals surface area contributed by atoms with Crippen LogP contribution < -0.4 is 5.32 Å². The molecule has 11 nitrogen and oxygen atoms in total. The lowest BCUT2D eigenvalue weighted by Crippen LogP contribution is -2.57. The molecule has 272 valence electrons. The molecule has 2 N–H and O–H groups in total. The number of imidazole rings is 1. The quantitative estimate of drug-likeness (QED) is 0.151. The zero-order valence-electron chi connectivity index (χ0n) is 29.7. The highest BCUT2D eigenvalue weighted by Crippen LogP contribution is 2.41. The average Bonchev–Trinajstić information content (AvgIpc) is 3.77. The molecule has 1 saturated carbocycles. The fraction of sp³-hybridized carbons (Fsp3) is 0.400. The molecule has 3 atom stereocenters. The maximum absolute atomic E-state index is 14.8. The Bertz CT molecular complexity index is 1980. The summed E-state index contributed by atoms with van der Waals surface area (Å²) in [5.74, 6) is -0.203. The van der Waals surface area contributed by atoms with E-state index in [1.165, 1.54) is 0 Å². The number of aliphatic hydroxyl groups is 1. The predicted molar refractivity (Wildman–Crippen MR) is 202 cm³/mol. The molecule has 52 heavy (non-hydrogen) atoms. The van der Waals surface area contributed by atoms with E-state index in [4.69, 9.17) is 14.5 Å². The largest absolute Gasteiger partial charge is 0.445 e. The van der Waals surface area contributed by atoms with Crippen molar-refractivity contribution >= 4 is 39.2 Å². The molecule has 3 aromatic carbocycles. The van der Waals surface area contributed by atoms with Crippen LogP contribution in [0.4, 0.5) is 10.5 Å². The van der Waals surface area contributed by atoms with E-state index < -0.39 is 11.7 Å². The average molecular weight is 723 g/mol. The number of fused-ring (bicyclic) bond motifs is 1. The first kappa shape index (κ1) is 35.6. The number of carbonyl (C=O) groups excluding carboxylic acids is 2. The Morgan fingerprint density at radius 3 is 2.62 bits per heavy atom. The monoisotopic (exact) mass is 722 g/mol. The molecule has 2 amide bonds. The van der Waals surface area contributed by atoms with Crippen LogP contribution >= 0.6 is 11.3 Å². The van der Waals surface area contributed by atoms with Gasteiger partial charge in [-0.1, -0.05) is 73.5 Å². The number of hydrogen-bond donors (Lipinski definition) is 2. The number of benzene rings is 3. The van der Waals surface area contributed by atoms with E-state index >= 15 is 0 Å². The number of aromatic nitrogens is 3. The fourth-order valence-corrected chi connectivity index (χ4v) is 8.48. The number of anilines is 1. The zero-order chi connectivity index (χ0) is 36.1. The van der Waals surface area contributed by atoms with Gasteiger partial charge in [-0.2, -0.15) is 0 Å². The molecule has 12 heteroatoms. The summed E-state index contributed by atoms with van der Waals surface area (Å²) >= 11 is 1.67. The Balaban J connectivity index is 1.15. The Morgan fingerprint density at radius 2 is 1.83 bits per heavy atom. The highest BCUT2D eigenvalue weighted by atomic mass is 32.1. The highest BCUT2D eigenvalue weighted by molar-refractivity contribution is 7.18. The first-order valence-electron chi connectivity index (χ1n) is 18.0. The smallest absolute Gasteiger partial charge is 0.410 e. The van der Waals surface area contributed by atoms with E-state index in [0.717, 1.165) is 51.3 Å². The molecular formula is C40H46N6O5S. The second-order valence-electron chi connectivity index (χ2n) is 13.8. The van der Waals surface area contributed by atoms with Gasteiger partial charge in [0.15, 0.2) is 5.69 Å². The van der Waals surface area contributed by atoms with Gasteiger partial charge in [-0.25, -0.2) is 14.8 Å². The fourth-order valence-electron chi connectivity index (χ4n) is 7.67. The second kappa shape index (κ2) is 15.9. The normalized spacial score (nSPS) is 20.6. The Morgan fingerprint density at radius 1 is 1.04 bits per heavy atom. The SMILES string of the molecule is COC[C@]1(O)CCCC[C@H]1n1cnc(C(=O)N2CCN(C(=O)OCc3ccccc3)C[C@H]2CCNc2ccc3sc(C)nc3c2)c1-c1ccccc1. The number of thiazole rings is 1. The van der Waals surface area contributed by atoms with E-state index in [0.29, 0.717) is 50.4 Å². The van der Waals surface area contributed by atoms with Crippen LogP contribution in [0, 0.1) is 6.92 Å². The summed E-state index contributed by atoms with van der Waals surface area (Å²) in [4.78, 5) is 41.1. The summed E-state index contributed by atoms with van der Waals surface area (Å²) < 4.78 is 14.3. The van der Waals surface area contributed by atoms with Crippen LogP contribution in [0.5, 0.6) is 0 Å². The van der Waals surface area contributed by atoms with Gasteiger partial charge in [0.1, 0.15) is 12.2 Å². The molecule has 5 aromatic rings. The van der Waals surface area contributed by atoms with Crippen LogP contribution in [-0.4, -0.2) is 93.0 Å². The van der Waals surface area contributed by atoms with Gasteiger partial charge in [0.05, 0.1) is 45.9 Å². The van der Waals surface area contributed by atoms with Crippen LogP contribution in [0.15, 0.2) is 85.2 Å². The summed E-state index contributed by atoms with van der Waals surface area (Å²) in [6, 6.07) is 25.0. The zero-order valence-corrected chi connectivity index (χ0v) is 30.6. The second-order valence-corrected chi connectivity index (χ2v) is 15.0. The highest BCUT2D eigenvalue weighted by Gasteiger charge is 2.43. The summed E-state index contributed by atoms with van der Waals surface area (Å²) in [6.07, 6.45) is 5.10. The Hall–Kier alpha value is -4.78. The molecule has 0 radical (unpaired) electrons. The number of ether oxygens (including phenoxy) is 2. The third-order valence-corrected chi connectivity index (χ3v) is 11.2. The van der Waals surface area contributed by atoms with E-state index in [2.05, 4.69) is 16.4 Å². The Labute approximate surface area is 308 Å². The van der Waals surface area contributed by atoms with Gasteiger partial charge in [0, 0.05) is 44.5 Å². The first-order chi connectivity index (χ1) is 25.3. The van der Waals surface area contributed by atoms with Crippen molar-refractivity contribution in [3.8, 4) is 11.3 Å². The third-order valence-electron chi connectivity index (χ3n) is 10.2. The van der Waals surface area contributed by atoms with Gasteiger partial charge in [0.2, 0.25) is 0 Å². The molecule has 0 bridgehead atoms. The molecule has 1 aliphatic carbocycles. The van der Waals surface area contributed by atoms with E-state index in [1.807, 2.05) is 89.2 Å². The molecule has 0 unspecified atom stereocenters. The van der Waals surface area contributed by atoms with Gasteiger partial charge in [-0.3, -0.25) is 4.79 Å². The number of rotatable bonds is 11. The van der Waals surface area contributed by atoms with Crippen molar-refractivity contribution in [2.24, 2.45) is 0 Å². The molecule has 2 aliphatic rings. The van der Waals surface area contributed by atoms with Crippen LogP contribution in [-0.2, 0) is 16.1 Å². The molecular weight excluding hydrogens is 677 g/mol. The van der Waals surface area contributed by atoms with Gasteiger partial charge >= 0.3 is 6.09 Å². The van der Waals surface area contributed by atoms with Crippen molar-refractivity contribution in [1.29, 1.82) is 0 Å². The van der Waals surface area contributed by atoms with Crippen LogP contribution in [0.3, 0.4) is 0 Å². The summed E-state index contributed by atoms with van der Waals surface area (Å²) in [7, 11) is 1.61. The summed E-state index contributed by atoms with van der Waals surface area (Å²) in [5, 5.41) is 16.4. The number of piperazine rings is 1. The van der Waals surface area contributed by atoms with Crippen LogP contribution in [0.2, 0.25) is 0 Å². The van der Waals surface area contributed by atoms with Crippen molar-refractivity contribution in [3.05, 3.63) is 101 Å². The number of nitrogens with zero attached hydrogens (tertiary/aromatic N) is 5. The topological polar surface area (TPSA) is 122 Å². The predicted octanol–water partition coefficient (Wildman–Crippen LogP) is 6.93. The van der Waals surface area contributed by atoms with Crippen molar-refractivity contribution in [2.75, 3.05) is 45.2 Å². The maximum atomic E-state index is 14.8. The van der Waals surface area contributed by atoms with Crippen molar-refractivity contribution < 1.29 is 24.2 Å². The summed E-state index contributed by atoms with van der Waals surface area (Å²) in [5.41, 5.74) is 3.59. The van der Waals surface area contributed by atoms with Gasteiger partial charge in [-0.15, -0.1) is 11.3 Å². The lowest BCUT2D eigenvalue weighted by molar-refractivity contribution is -0.0893. The van der Waals surface area contributed by atoms with Crippen molar-refractivity contribution in [1.82, 2.24) is 24.3 Å². The van der Waals surface area contributed by atoms with E-state index in [1.54, 1.807) is 29.7 Å². The molecule has 2 fully saturated rings. The minimum atomic E-state index is -1.09. The van der Waals surface area contributed by atoms with E-state index in [-0.39, 0.29) is 31.2 Å².